The Hall–Kier alpha value is -2.18. The summed E-state index contributed by atoms with van der Waals surface area (Å²) in [5.74, 6) is 1.53. The molecule has 1 fully saturated rings. The first-order chi connectivity index (χ1) is 11.6. The van der Waals surface area contributed by atoms with E-state index in [1.165, 1.54) is 0 Å². The zero-order valence-corrected chi connectivity index (χ0v) is 14.0. The fourth-order valence-electron chi connectivity index (χ4n) is 2.97. The van der Waals surface area contributed by atoms with Crippen molar-refractivity contribution in [1.82, 2.24) is 15.2 Å². The lowest BCUT2D eigenvalue weighted by Crippen LogP contribution is -2.45. The van der Waals surface area contributed by atoms with E-state index in [4.69, 9.17) is 10.2 Å². The molecule has 6 heteroatoms. The summed E-state index contributed by atoms with van der Waals surface area (Å²) in [5.41, 5.74) is 7.80. The molecule has 1 aromatic carbocycles. The number of rotatable bonds is 6. The van der Waals surface area contributed by atoms with E-state index in [-0.39, 0.29) is 12.1 Å². The smallest absolute Gasteiger partial charge is 0.237 e. The van der Waals surface area contributed by atoms with Gasteiger partial charge >= 0.3 is 0 Å². The molecule has 2 heterocycles. The third-order valence-corrected chi connectivity index (χ3v) is 4.35. The van der Waals surface area contributed by atoms with E-state index in [0.717, 1.165) is 42.8 Å². The van der Waals surface area contributed by atoms with Crippen molar-refractivity contribution in [3.63, 3.8) is 0 Å². The largest absolute Gasteiger partial charge is 0.441 e. The number of likely N-dealkylation sites (tertiary alicyclic amines) is 1. The fourth-order valence-corrected chi connectivity index (χ4v) is 2.97. The predicted octanol–water partition coefficient (Wildman–Crippen LogP) is 1.69. The Morgan fingerprint density at radius 3 is 2.92 bits per heavy atom. The number of aryl methyl sites for hydroxylation is 1. The number of hydrogen-bond acceptors (Lipinski definition) is 5. The summed E-state index contributed by atoms with van der Waals surface area (Å²) < 4.78 is 5.74. The molecule has 0 saturated carbocycles. The summed E-state index contributed by atoms with van der Waals surface area (Å²) >= 11 is 0. The highest BCUT2D eigenvalue weighted by Crippen LogP contribution is 2.21. The zero-order valence-electron chi connectivity index (χ0n) is 14.0. The molecule has 3 rings (SSSR count). The zero-order chi connectivity index (χ0) is 16.9. The number of hydrogen-bond donors (Lipinski definition) is 2. The minimum atomic E-state index is -0.120. The van der Waals surface area contributed by atoms with E-state index in [1.54, 1.807) is 4.90 Å². The SMILES string of the molecule is Cc1oc(-c2ccccc2)nc1CCNCC(=O)N1CCC[C@H]1N. The van der Waals surface area contributed by atoms with Crippen molar-refractivity contribution in [2.75, 3.05) is 19.6 Å². The average molecular weight is 328 g/mol. The number of amides is 1. The molecule has 6 nitrogen and oxygen atoms in total. The van der Waals surface area contributed by atoms with Crippen molar-refractivity contribution >= 4 is 5.91 Å². The quantitative estimate of drug-likeness (QED) is 0.788. The van der Waals surface area contributed by atoms with Gasteiger partial charge in [-0.25, -0.2) is 4.98 Å². The van der Waals surface area contributed by atoms with E-state index in [9.17, 15) is 4.79 Å². The molecule has 1 amide bonds. The highest BCUT2D eigenvalue weighted by atomic mass is 16.4. The normalized spacial score (nSPS) is 17.4. The Kier molecular flexibility index (Phi) is 5.27. The molecule has 1 saturated heterocycles. The van der Waals surface area contributed by atoms with Crippen LogP contribution >= 0.6 is 0 Å². The number of nitrogens with two attached hydrogens (primary N) is 1. The van der Waals surface area contributed by atoms with Gasteiger partial charge in [0, 0.05) is 25.1 Å². The number of nitrogens with one attached hydrogen (secondary N) is 1. The molecule has 1 atom stereocenters. The van der Waals surface area contributed by atoms with Gasteiger partial charge in [0.2, 0.25) is 11.8 Å². The Labute approximate surface area is 142 Å². The van der Waals surface area contributed by atoms with Crippen molar-refractivity contribution in [2.45, 2.75) is 32.4 Å². The molecule has 2 aromatic rings. The highest BCUT2D eigenvalue weighted by molar-refractivity contribution is 5.78. The first kappa shape index (κ1) is 16.7. The van der Waals surface area contributed by atoms with Crippen LogP contribution in [0.25, 0.3) is 11.5 Å². The number of carbonyl (C=O) groups excluding carboxylic acids is 1. The second kappa shape index (κ2) is 7.59. The van der Waals surface area contributed by atoms with Crippen molar-refractivity contribution in [3.8, 4) is 11.5 Å². The van der Waals surface area contributed by atoms with E-state index in [0.29, 0.717) is 19.0 Å². The number of aromatic nitrogens is 1. The fraction of sp³-hybridized carbons (Fsp3) is 0.444. The monoisotopic (exact) mass is 328 g/mol. The number of carbonyl (C=O) groups is 1. The maximum Gasteiger partial charge on any atom is 0.237 e. The lowest BCUT2D eigenvalue weighted by atomic mass is 10.2. The van der Waals surface area contributed by atoms with Crippen LogP contribution in [-0.4, -0.2) is 41.6 Å². The van der Waals surface area contributed by atoms with Crippen molar-refractivity contribution in [1.29, 1.82) is 0 Å². The molecule has 0 radical (unpaired) electrons. The van der Waals surface area contributed by atoms with Gasteiger partial charge in [-0.3, -0.25) is 4.79 Å². The first-order valence-corrected chi connectivity index (χ1v) is 8.42. The van der Waals surface area contributed by atoms with Crippen LogP contribution in [0, 0.1) is 6.92 Å². The van der Waals surface area contributed by atoms with Crippen LogP contribution in [-0.2, 0) is 11.2 Å². The summed E-state index contributed by atoms with van der Waals surface area (Å²) in [6.07, 6.45) is 2.49. The van der Waals surface area contributed by atoms with Crippen molar-refractivity contribution < 1.29 is 9.21 Å². The van der Waals surface area contributed by atoms with Gasteiger partial charge in [0.25, 0.3) is 0 Å². The standard InChI is InChI=1S/C18H24N4O2/c1-13-15(21-18(24-13)14-6-3-2-4-7-14)9-10-20-12-17(23)22-11-5-8-16(22)19/h2-4,6-7,16,20H,5,8-12,19H2,1H3/t16-/m0/s1. The van der Waals surface area contributed by atoms with E-state index in [1.807, 2.05) is 37.3 Å². The van der Waals surface area contributed by atoms with Crippen LogP contribution in [0.2, 0.25) is 0 Å². The summed E-state index contributed by atoms with van der Waals surface area (Å²) in [5, 5.41) is 3.18. The molecule has 1 aliphatic rings. The van der Waals surface area contributed by atoms with Crippen LogP contribution in [0.3, 0.4) is 0 Å². The Morgan fingerprint density at radius 1 is 1.42 bits per heavy atom. The van der Waals surface area contributed by atoms with Gasteiger partial charge in [0.05, 0.1) is 18.4 Å². The summed E-state index contributed by atoms with van der Waals surface area (Å²) in [6, 6.07) is 9.85. The Balaban J connectivity index is 1.49. The van der Waals surface area contributed by atoms with Crippen LogP contribution in [0.15, 0.2) is 34.7 Å². The lowest BCUT2D eigenvalue weighted by molar-refractivity contribution is -0.130. The predicted molar refractivity (Wildman–Crippen MR) is 92.2 cm³/mol. The van der Waals surface area contributed by atoms with E-state index >= 15 is 0 Å². The minimum absolute atomic E-state index is 0.0712. The second-order valence-electron chi connectivity index (χ2n) is 6.11. The molecule has 1 aromatic heterocycles. The van der Waals surface area contributed by atoms with Crippen LogP contribution in [0.5, 0.6) is 0 Å². The average Bonchev–Trinajstić information content (AvgIpc) is 3.18. The van der Waals surface area contributed by atoms with Gasteiger partial charge < -0.3 is 20.4 Å². The highest BCUT2D eigenvalue weighted by Gasteiger charge is 2.24. The van der Waals surface area contributed by atoms with E-state index in [2.05, 4.69) is 10.3 Å². The van der Waals surface area contributed by atoms with Gasteiger partial charge in [-0.15, -0.1) is 0 Å². The molecule has 128 valence electrons. The minimum Gasteiger partial charge on any atom is -0.441 e. The molecule has 0 aliphatic carbocycles. The lowest BCUT2D eigenvalue weighted by Gasteiger charge is -2.21. The molecule has 0 spiro atoms. The Morgan fingerprint density at radius 2 is 2.21 bits per heavy atom. The molecule has 1 aliphatic heterocycles. The molecule has 0 unspecified atom stereocenters. The van der Waals surface area contributed by atoms with Gasteiger partial charge in [-0.2, -0.15) is 0 Å². The van der Waals surface area contributed by atoms with E-state index < -0.39 is 0 Å². The summed E-state index contributed by atoms with van der Waals surface area (Å²) in [6.45, 7) is 3.68. The number of nitrogens with zero attached hydrogens (tertiary/aromatic N) is 2. The third kappa shape index (κ3) is 3.83. The van der Waals surface area contributed by atoms with Crippen LogP contribution < -0.4 is 11.1 Å². The molecule has 24 heavy (non-hydrogen) atoms. The molecule has 0 bridgehead atoms. The summed E-state index contributed by atoms with van der Waals surface area (Å²) in [4.78, 5) is 18.4. The number of benzene rings is 1. The maximum atomic E-state index is 12.1. The van der Waals surface area contributed by atoms with Crippen LogP contribution in [0.1, 0.15) is 24.3 Å². The van der Waals surface area contributed by atoms with Gasteiger partial charge in [0.1, 0.15) is 5.76 Å². The van der Waals surface area contributed by atoms with Gasteiger partial charge in [-0.05, 0) is 31.9 Å². The van der Waals surface area contributed by atoms with Gasteiger partial charge in [-0.1, -0.05) is 18.2 Å². The maximum absolute atomic E-state index is 12.1. The van der Waals surface area contributed by atoms with Crippen molar-refractivity contribution in [3.05, 3.63) is 41.8 Å². The Bertz CT molecular complexity index is 684. The second-order valence-corrected chi connectivity index (χ2v) is 6.11. The molecule has 3 N–H and O–H groups in total. The first-order valence-electron chi connectivity index (χ1n) is 8.42. The topological polar surface area (TPSA) is 84.4 Å². The summed E-state index contributed by atoms with van der Waals surface area (Å²) in [7, 11) is 0. The molecular formula is C18H24N4O2. The van der Waals surface area contributed by atoms with Crippen molar-refractivity contribution in [2.24, 2.45) is 5.73 Å². The van der Waals surface area contributed by atoms with Gasteiger partial charge in [0.15, 0.2) is 0 Å². The van der Waals surface area contributed by atoms with Crippen LogP contribution in [0.4, 0.5) is 0 Å². The number of oxazole rings is 1. The molecular weight excluding hydrogens is 304 g/mol. The third-order valence-electron chi connectivity index (χ3n) is 4.35.